The molecule has 1 aromatic heterocycles. The molecular weight excluding hydrogens is 222 g/mol. The number of pyridine rings is 1. The van der Waals surface area contributed by atoms with E-state index in [2.05, 4.69) is 17.2 Å². The van der Waals surface area contributed by atoms with E-state index in [0.717, 1.165) is 24.2 Å². The Hall–Kier alpha value is -0.960. The van der Waals surface area contributed by atoms with Crippen molar-refractivity contribution in [2.45, 2.75) is 26.2 Å². The fraction of sp³-hybridized carbons (Fsp3) is 0.583. The van der Waals surface area contributed by atoms with Crippen LogP contribution in [0.3, 0.4) is 0 Å². The fourth-order valence-corrected chi connectivity index (χ4v) is 2.58. The van der Waals surface area contributed by atoms with Crippen molar-refractivity contribution in [1.29, 1.82) is 0 Å². The fourth-order valence-electron chi connectivity index (χ4n) is 2.34. The zero-order chi connectivity index (χ0) is 11.5. The quantitative estimate of drug-likeness (QED) is 0.852. The maximum absolute atomic E-state index is 6.05. The van der Waals surface area contributed by atoms with Crippen LogP contribution in [0.4, 0.5) is 11.5 Å². The lowest BCUT2D eigenvalue weighted by Crippen LogP contribution is -2.17. The summed E-state index contributed by atoms with van der Waals surface area (Å²) in [6.45, 7) is 3.27. The molecular formula is C12H18ClN3. The molecule has 1 heterocycles. The average Bonchev–Trinajstić information content (AvgIpc) is 2.63. The van der Waals surface area contributed by atoms with Crippen LogP contribution in [0.5, 0.6) is 0 Å². The smallest absolute Gasteiger partial charge is 0.144 e. The number of nitrogens with one attached hydrogen (secondary N) is 1. The van der Waals surface area contributed by atoms with Crippen LogP contribution >= 0.6 is 11.6 Å². The van der Waals surface area contributed by atoms with Crippen LogP contribution in [0.25, 0.3) is 0 Å². The molecule has 1 fully saturated rings. The first-order valence-corrected chi connectivity index (χ1v) is 6.19. The molecule has 0 saturated heterocycles. The van der Waals surface area contributed by atoms with E-state index in [1.807, 2.05) is 0 Å². The van der Waals surface area contributed by atoms with E-state index < -0.39 is 0 Å². The highest BCUT2D eigenvalue weighted by molar-refractivity contribution is 6.33. The van der Waals surface area contributed by atoms with Gasteiger partial charge in [-0.1, -0.05) is 31.4 Å². The predicted octanol–water partition coefficient (Wildman–Crippen LogP) is 3.17. The first kappa shape index (κ1) is 11.5. The Morgan fingerprint density at radius 1 is 1.56 bits per heavy atom. The summed E-state index contributed by atoms with van der Waals surface area (Å²) in [5.41, 5.74) is 6.19. The van der Waals surface area contributed by atoms with E-state index in [0.29, 0.717) is 10.7 Å². The molecule has 0 radical (unpaired) electrons. The molecule has 1 aliphatic rings. The van der Waals surface area contributed by atoms with Crippen LogP contribution in [-0.2, 0) is 0 Å². The van der Waals surface area contributed by atoms with Crippen LogP contribution in [0.1, 0.15) is 26.2 Å². The number of rotatable bonds is 3. The molecule has 3 N–H and O–H groups in total. The van der Waals surface area contributed by atoms with E-state index in [4.69, 9.17) is 17.3 Å². The molecule has 2 atom stereocenters. The highest BCUT2D eigenvalue weighted by atomic mass is 35.5. The molecule has 1 aliphatic carbocycles. The summed E-state index contributed by atoms with van der Waals surface area (Å²) in [6, 6.07) is 1.73. The molecule has 0 aliphatic heterocycles. The first-order valence-electron chi connectivity index (χ1n) is 5.81. The number of halogens is 1. The van der Waals surface area contributed by atoms with Gasteiger partial charge in [0, 0.05) is 6.54 Å². The van der Waals surface area contributed by atoms with E-state index >= 15 is 0 Å². The lowest BCUT2D eigenvalue weighted by molar-refractivity contribution is 0.439. The molecule has 0 amide bonds. The standard InChI is InChI=1S/C12H18ClN3/c1-8-3-2-4-9(8)6-15-12-11(13)5-10(14)7-16-12/h5,7-9H,2-4,6,14H2,1H3,(H,15,16). The maximum atomic E-state index is 6.05. The number of nitrogen functional groups attached to an aromatic ring is 1. The van der Waals surface area contributed by atoms with Gasteiger partial charge in [-0.25, -0.2) is 4.98 Å². The number of nitrogens with zero attached hydrogens (tertiary/aromatic N) is 1. The average molecular weight is 240 g/mol. The summed E-state index contributed by atoms with van der Waals surface area (Å²) in [5, 5.41) is 3.92. The molecule has 1 aromatic rings. The van der Waals surface area contributed by atoms with Gasteiger partial charge < -0.3 is 11.1 Å². The largest absolute Gasteiger partial charge is 0.397 e. The van der Waals surface area contributed by atoms with Gasteiger partial charge in [0.15, 0.2) is 0 Å². The molecule has 3 nitrogen and oxygen atoms in total. The Balaban J connectivity index is 1.94. The zero-order valence-corrected chi connectivity index (χ0v) is 10.3. The molecule has 4 heteroatoms. The van der Waals surface area contributed by atoms with Gasteiger partial charge >= 0.3 is 0 Å². The van der Waals surface area contributed by atoms with E-state index in [1.165, 1.54) is 19.3 Å². The molecule has 88 valence electrons. The number of hydrogen-bond donors (Lipinski definition) is 2. The number of anilines is 2. The SMILES string of the molecule is CC1CCCC1CNc1ncc(N)cc1Cl. The summed E-state index contributed by atoms with van der Waals surface area (Å²) in [4.78, 5) is 4.20. The number of hydrogen-bond acceptors (Lipinski definition) is 3. The van der Waals surface area contributed by atoms with Crippen molar-refractivity contribution in [3.05, 3.63) is 17.3 Å². The van der Waals surface area contributed by atoms with Crippen molar-refractivity contribution in [2.24, 2.45) is 11.8 Å². The van der Waals surface area contributed by atoms with Gasteiger partial charge in [-0.2, -0.15) is 0 Å². The number of nitrogens with two attached hydrogens (primary N) is 1. The van der Waals surface area contributed by atoms with Crippen molar-refractivity contribution in [1.82, 2.24) is 4.98 Å². The summed E-state index contributed by atoms with van der Waals surface area (Å²) < 4.78 is 0. The topological polar surface area (TPSA) is 50.9 Å². The highest BCUT2D eigenvalue weighted by Crippen LogP contribution is 2.31. The minimum absolute atomic E-state index is 0.602. The van der Waals surface area contributed by atoms with Crippen molar-refractivity contribution in [3.8, 4) is 0 Å². The van der Waals surface area contributed by atoms with Gasteiger partial charge in [-0.3, -0.25) is 0 Å². The van der Waals surface area contributed by atoms with Crippen LogP contribution in [0, 0.1) is 11.8 Å². The van der Waals surface area contributed by atoms with Crippen molar-refractivity contribution in [2.75, 3.05) is 17.6 Å². The van der Waals surface area contributed by atoms with Crippen LogP contribution in [-0.4, -0.2) is 11.5 Å². The van der Waals surface area contributed by atoms with Crippen LogP contribution < -0.4 is 11.1 Å². The van der Waals surface area contributed by atoms with Gasteiger partial charge in [-0.05, 0) is 24.3 Å². The Morgan fingerprint density at radius 2 is 2.38 bits per heavy atom. The third-order valence-electron chi connectivity index (χ3n) is 3.43. The minimum atomic E-state index is 0.602. The second kappa shape index (κ2) is 4.91. The van der Waals surface area contributed by atoms with Crippen molar-refractivity contribution >= 4 is 23.1 Å². The van der Waals surface area contributed by atoms with Crippen molar-refractivity contribution < 1.29 is 0 Å². The third kappa shape index (κ3) is 2.59. The molecule has 1 saturated carbocycles. The Morgan fingerprint density at radius 3 is 3.00 bits per heavy atom. The van der Waals surface area contributed by atoms with Gasteiger partial charge in [-0.15, -0.1) is 0 Å². The van der Waals surface area contributed by atoms with Crippen LogP contribution in [0.15, 0.2) is 12.3 Å². The summed E-state index contributed by atoms with van der Waals surface area (Å²) >= 11 is 6.05. The Kier molecular flexibility index (Phi) is 3.54. The van der Waals surface area contributed by atoms with Gasteiger partial charge in [0.2, 0.25) is 0 Å². The molecule has 0 aromatic carbocycles. The summed E-state index contributed by atoms with van der Waals surface area (Å²) in [7, 11) is 0. The van der Waals surface area contributed by atoms with Gasteiger partial charge in [0.1, 0.15) is 5.82 Å². The van der Waals surface area contributed by atoms with Crippen LogP contribution in [0.2, 0.25) is 5.02 Å². The molecule has 2 rings (SSSR count). The lowest BCUT2D eigenvalue weighted by Gasteiger charge is -2.16. The summed E-state index contributed by atoms with van der Waals surface area (Å²) in [6.07, 6.45) is 5.62. The van der Waals surface area contributed by atoms with Gasteiger partial charge in [0.05, 0.1) is 16.9 Å². The molecule has 16 heavy (non-hydrogen) atoms. The Labute approximate surface area is 101 Å². The molecule has 2 unspecified atom stereocenters. The van der Waals surface area contributed by atoms with E-state index in [9.17, 15) is 0 Å². The highest BCUT2D eigenvalue weighted by Gasteiger charge is 2.23. The molecule has 0 spiro atoms. The zero-order valence-electron chi connectivity index (χ0n) is 9.54. The first-order chi connectivity index (χ1) is 7.66. The summed E-state index contributed by atoms with van der Waals surface area (Å²) in [5.74, 6) is 2.30. The maximum Gasteiger partial charge on any atom is 0.144 e. The van der Waals surface area contributed by atoms with Gasteiger partial charge in [0.25, 0.3) is 0 Å². The lowest BCUT2D eigenvalue weighted by atomic mass is 9.98. The number of aromatic nitrogens is 1. The second-order valence-electron chi connectivity index (χ2n) is 4.65. The second-order valence-corrected chi connectivity index (χ2v) is 5.06. The van der Waals surface area contributed by atoms with E-state index in [1.54, 1.807) is 12.3 Å². The monoisotopic (exact) mass is 239 g/mol. The minimum Gasteiger partial charge on any atom is -0.397 e. The normalized spacial score (nSPS) is 24.6. The predicted molar refractivity (Wildman–Crippen MR) is 68.7 cm³/mol. The van der Waals surface area contributed by atoms with Crippen molar-refractivity contribution in [3.63, 3.8) is 0 Å². The van der Waals surface area contributed by atoms with E-state index in [-0.39, 0.29) is 0 Å². The Bertz CT molecular complexity index is 367. The molecule has 0 bridgehead atoms. The third-order valence-corrected chi connectivity index (χ3v) is 3.72.